The third-order valence-corrected chi connectivity index (χ3v) is 4.72. The van der Waals surface area contributed by atoms with E-state index in [9.17, 15) is 4.79 Å². The first-order valence-corrected chi connectivity index (χ1v) is 8.89. The van der Waals surface area contributed by atoms with Gasteiger partial charge >= 0.3 is 0 Å². The van der Waals surface area contributed by atoms with Crippen molar-refractivity contribution in [3.8, 4) is 0 Å². The lowest BCUT2D eigenvalue weighted by atomic mass is 10.3. The Morgan fingerprint density at radius 1 is 1.24 bits per heavy atom. The van der Waals surface area contributed by atoms with E-state index in [-0.39, 0.29) is 5.91 Å². The largest absolute Gasteiger partial charge is 0.330 e. The van der Waals surface area contributed by atoms with Crippen LogP contribution in [0.15, 0.2) is 61.3 Å². The predicted octanol–water partition coefficient (Wildman–Crippen LogP) is 4.57. The van der Waals surface area contributed by atoms with Crippen molar-refractivity contribution in [2.45, 2.75) is 6.54 Å². The molecule has 4 nitrogen and oxygen atoms in total. The molecule has 126 valence electrons. The fourth-order valence-electron chi connectivity index (χ4n) is 2.33. The quantitative estimate of drug-likeness (QED) is 0.472. The number of carbonyl (C=O) groups is 1. The Labute approximate surface area is 155 Å². The third kappa shape index (κ3) is 4.53. The fraction of sp³-hybridized carbons (Fsp3) is 0.105. The van der Waals surface area contributed by atoms with E-state index in [1.165, 1.54) is 17.4 Å². The molecule has 0 bridgehead atoms. The molecule has 1 aromatic carbocycles. The van der Waals surface area contributed by atoms with Crippen LogP contribution in [0.2, 0.25) is 4.34 Å². The molecule has 0 aliphatic heterocycles. The van der Waals surface area contributed by atoms with Gasteiger partial charge in [0.25, 0.3) is 0 Å². The zero-order valence-electron chi connectivity index (χ0n) is 13.4. The Morgan fingerprint density at radius 3 is 2.76 bits per heavy atom. The summed E-state index contributed by atoms with van der Waals surface area (Å²) < 4.78 is 0.711. The van der Waals surface area contributed by atoms with Gasteiger partial charge in [-0.15, -0.1) is 17.9 Å². The molecule has 0 fully saturated rings. The molecule has 0 aliphatic rings. The number of hydrogen-bond acceptors (Lipinski definition) is 4. The lowest BCUT2D eigenvalue weighted by Gasteiger charge is -2.18. The summed E-state index contributed by atoms with van der Waals surface area (Å²) in [5, 5.41) is 0. The van der Waals surface area contributed by atoms with E-state index >= 15 is 0 Å². The van der Waals surface area contributed by atoms with Crippen LogP contribution in [-0.4, -0.2) is 27.3 Å². The molecule has 0 saturated heterocycles. The second-order valence-corrected chi connectivity index (χ2v) is 7.13. The minimum absolute atomic E-state index is 0.112. The van der Waals surface area contributed by atoms with Crippen LogP contribution in [0.3, 0.4) is 0 Å². The molecular formula is C19H16ClN3OS. The average Bonchev–Trinajstić information content (AvgIpc) is 3.04. The van der Waals surface area contributed by atoms with E-state index in [2.05, 4.69) is 16.5 Å². The van der Waals surface area contributed by atoms with Gasteiger partial charge in [-0.1, -0.05) is 29.8 Å². The molecule has 0 atom stereocenters. The lowest BCUT2D eigenvalue weighted by molar-refractivity contribution is -0.126. The van der Waals surface area contributed by atoms with Gasteiger partial charge in [-0.05, 0) is 30.3 Å². The number of carbonyl (C=O) groups excluding carboxylic acids is 1. The summed E-state index contributed by atoms with van der Waals surface area (Å²) in [5.74, 6) is -0.112. The van der Waals surface area contributed by atoms with E-state index in [0.29, 0.717) is 23.1 Å². The van der Waals surface area contributed by atoms with Crippen molar-refractivity contribution in [2.24, 2.45) is 0 Å². The second kappa shape index (κ2) is 8.05. The van der Waals surface area contributed by atoms with Gasteiger partial charge in [-0.3, -0.25) is 9.78 Å². The highest BCUT2D eigenvalue weighted by Gasteiger charge is 2.11. The molecule has 25 heavy (non-hydrogen) atoms. The van der Waals surface area contributed by atoms with Crippen molar-refractivity contribution < 1.29 is 4.79 Å². The van der Waals surface area contributed by atoms with E-state index < -0.39 is 0 Å². The van der Waals surface area contributed by atoms with Crippen LogP contribution < -0.4 is 0 Å². The van der Waals surface area contributed by atoms with Crippen molar-refractivity contribution in [3.63, 3.8) is 0 Å². The van der Waals surface area contributed by atoms with Crippen molar-refractivity contribution in [1.29, 1.82) is 0 Å². The average molecular weight is 370 g/mol. The molecule has 0 N–H and O–H groups in total. The molecule has 2 heterocycles. The van der Waals surface area contributed by atoms with E-state index in [0.717, 1.165) is 15.9 Å². The number of para-hydroxylation sites is 2. The monoisotopic (exact) mass is 369 g/mol. The van der Waals surface area contributed by atoms with Gasteiger partial charge in [0.15, 0.2) is 0 Å². The summed E-state index contributed by atoms with van der Waals surface area (Å²) >= 11 is 7.42. The number of fused-ring (bicyclic) bond motifs is 1. The smallest absolute Gasteiger partial charge is 0.247 e. The number of halogens is 1. The van der Waals surface area contributed by atoms with E-state index in [1.54, 1.807) is 23.2 Å². The van der Waals surface area contributed by atoms with Crippen LogP contribution in [0.25, 0.3) is 17.1 Å². The molecular weight excluding hydrogens is 354 g/mol. The fourth-order valence-corrected chi connectivity index (χ4v) is 3.43. The van der Waals surface area contributed by atoms with Gasteiger partial charge < -0.3 is 4.90 Å². The number of hydrogen-bond donors (Lipinski definition) is 0. The van der Waals surface area contributed by atoms with Gasteiger partial charge in [-0.2, -0.15) is 0 Å². The second-order valence-electron chi connectivity index (χ2n) is 5.33. The van der Waals surface area contributed by atoms with Gasteiger partial charge in [0.2, 0.25) is 5.91 Å². The number of nitrogens with zero attached hydrogens (tertiary/aromatic N) is 3. The highest BCUT2D eigenvalue weighted by molar-refractivity contribution is 7.16. The normalized spacial score (nSPS) is 11.1. The van der Waals surface area contributed by atoms with Crippen molar-refractivity contribution in [2.75, 3.05) is 6.54 Å². The molecule has 0 unspecified atom stereocenters. The number of amides is 1. The minimum atomic E-state index is -0.112. The zero-order chi connectivity index (χ0) is 17.6. The van der Waals surface area contributed by atoms with E-state index in [4.69, 9.17) is 11.6 Å². The summed E-state index contributed by atoms with van der Waals surface area (Å²) in [5.41, 5.74) is 2.27. The molecule has 0 aliphatic carbocycles. The summed E-state index contributed by atoms with van der Waals surface area (Å²) in [6, 6.07) is 11.4. The van der Waals surface area contributed by atoms with Crippen LogP contribution in [0.5, 0.6) is 0 Å². The topological polar surface area (TPSA) is 46.1 Å². The van der Waals surface area contributed by atoms with E-state index in [1.807, 2.05) is 36.4 Å². The first-order valence-electron chi connectivity index (χ1n) is 7.69. The Kier molecular flexibility index (Phi) is 5.58. The number of aromatic nitrogens is 2. The van der Waals surface area contributed by atoms with Crippen LogP contribution in [0.4, 0.5) is 0 Å². The number of thiophene rings is 1. The Balaban J connectivity index is 1.74. The number of rotatable bonds is 6. The third-order valence-electron chi connectivity index (χ3n) is 3.50. The van der Waals surface area contributed by atoms with Crippen LogP contribution in [-0.2, 0) is 11.3 Å². The van der Waals surface area contributed by atoms with Crippen molar-refractivity contribution >= 4 is 46.0 Å². The van der Waals surface area contributed by atoms with Crippen LogP contribution >= 0.6 is 22.9 Å². The maximum absolute atomic E-state index is 12.5. The lowest BCUT2D eigenvalue weighted by Crippen LogP contribution is -2.28. The van der Waals surface area contributed by atoms with Crippen molar-refractivity contribution in [1.82, 2.24) is 14.9 Å². The van der Waals surface area contributed by atoms with Crippen LogP contribution in [0.1, 0.15) is 10.6 Å². The van der Waals surface area contributed by atoms with Crippen molar-refractivity contribution in [3.05, 3.63) is 76.2 Å². The summed E-state index contributed by atoms with van der Waals surface area (Å²) in [6.45, 7) is 4.68. The van der Waals surface area contributed by atoms with Gasteiger partial charge in [-0.25, -0.2) is 4.98 Å². The molecule has 6 heteroatoms. The Morgan fingerprint density at radius 2 is 2.04 bits per heavy atom. The first kappa shape index (κ1) is 17.3. The summed E-state index contributed by atoms with van der Waals surface area (Å²) in [7, 11) is 0. The molecule has 2 aromatic heterocycles. The van der Waals surface area contributed by atoms with Crippen LogP contribution in [0, 0.1) is 0 Å². The highest BCUT2D eigenvalue weighted by atomic mass is 35.5. The first-order chi connectivity index (χ1) is 12.2. The summed E-state index contributed by atoms with van der Waals surface area (Å²) in [4.78, 5) is 24.0. The SMILES string of the molecule is C=CCN(Cc1ccc(Cl)s1)C(=O)/C=C/c1cnc2ccccc2n1. The highest BCUT2D eigenvalue weighted by Crippen LogP contribution is 2.22. The molecule has 3 aromatic rings. The van der Waals surface area contributed by atoms with Gasteiger partial charge in [0.05, 0.1) is 33.8 Å². The molecule has 3 rings (SSSR count). The van der Waals surface area contributed by atoms with Gasteiger partial charge in [0, 0.05) is 17.5 Å². The molecule has 0 radical (unpaired) electrons. The zero-order valence-corrected chi connectivity index (χ0v) is 15.0. The standard InChI is InChI=1S/C19H16ClN3OS/c1-2-11-23(13-15-8-9-18(20)25-15)19(24)10-7-14-12-21-16-5-3-4-6-17(16)22-14/h2-10,12H,1,11,13H2/b10-7+. The molecule has 0 spiro atoms. The predicted molar refractivity (Wildman–Crippen MR) is 104 cm³/mol. The Bertz CT molecular complexity index is 935. The summed E-state index contributed by atoms with van der Waals surface area (Å²) in [6.07, 6.45) is 6.55. The Hall–Kier alpha value is -2.50. The minimum Gasteiger partial charge on any atom is -0.330 e. The molecule has 0 saturated carbocycles. The number of benzene rings is 1. The maximum Gasteiger partial charge on any atom is 0.247 e. The van der Waals surface area contributed by atoms with Gasteiger partial charge in [0.1, 0.15) is 0 Å². The maximum atomic E-state index is 12.5. The molecule has 1 amide bonds.